The minimum absolute atomic E-state index is 0.0742. The number of carbonyl (C=O) groups is 2. The van der Waals surface area contributed by atoms with Crippen molar-refractivity contribution in [2.45, 2.75) is 62.4 Å². The van der Waals surface area contributed by atoms with E-state index < -0.39 is 41.6 Å². The number of ether oxygens (including phenoxy) is 2. The number of aromatic hydroxyl groups is 1. The van der Waals surface area contributed by atoms with Crippen molar-refractivity contribution in [3.8, 4) is 11.5 Å². The van der Waals surface area contributed by atoms with Crippen LogP contribution in [0.3, 0.4) is 0 Å². The Hall–Kier alpha value is -2.62. The third kappa shape index (κ3) is 2.95. The second-order valence-electron chi connectivity index (χ2n) is 8.75. The maximum Gasteiger partial charge on any atom is 0.340 e. The molecule has 9 heteroatoms. The number of hydrogen-bond donors (Lipinski definition) is 4. The van der Waals surface area contributed by atoms with Gasteiger partial charge in [-0.3, -0.25) is 4.79 Å². The van der Waals surface area contributed by atoms with Crippen molar-refractivity contribution in [1.82, 2.24) is 4.90 Å². The Morgan fingerprint density at radius 2 is 2.10 bits per heavy atom. The molecule has 0 amide bonds. The number of aliphatic hydroxyl groups excluding tert-OH is 1. The summed E-state index contributed by atoms with van der Waals surface area (Å²) in [5.41, 5.74) is -0.736. The van der Waals surface area contributed by atoms with Gasteiger partial charge < -0.3 is 34.8 Å². The molecule has 9 nitrogen and oxygen atoms in total. The summed E-state index contributed by atoms with van der Waals surface area (Å²) < 4.78 is 11.5. The van der Waals surface area contributed by atoms with Crippen LogP contribution in [0.15, 0.2) is 24.0 Å². The van der Waals surface area contributed by atoms with E-state index in [0.717, 1.165) is 5.56 Å². The Kier molecular flexibility index (Phi) is 5.03. The SMILES string of the molecule is Cc1ccc(O)c2c1[C@]13CCN(C)[C@H](C)[C@]1(O)CC=C(OC(=O)[C@@H](O)CC(=O)O)[C@@H]3O2. The quantitative estimate of drug-likeness (QED) is 0.509. The highest BCUT2D eigenvalue weighted by Crippen LogP contribution is 2.62. The summed E-state index contributed by atoms with van der Waals surface area (Å²) >= 11 is 0. The normalized spacial score (nSPS) is 32.7. The number of rotatable bonds is 4. The van der Waals surface area contributed by atoms with E-state index in [1.165, 1.54) is 6.07 Å². The molecule has 4 N–H and O–H groups in total. The molecular formula is C22H27NO8. The van der Waals surface area contributed by atoms with Gasteiger partial charge in [0, 0.05) is 18.0 Å². The number of aryl methyl sites for hydroxylation is 1. The van der Waals surface area contributed by atoms with Crippen molar-refractivity contribution in [3.63, 3.8) is 0 Å². The number of phenols is 1. The fraction of sp³-hybridized carbons (Fsp3) is 0.545. The van der Waals surface area contributed by atoms with Crippen LogP contribution in [0.25, 0.3) is 0 Å². The molecule has 168 valence electrons. The summed E-state index contributed by atoms with van der Waals surface area (Å²) in [7, 11) is 1.93. The van der Waals surface area contributed by atoms with E-state index in [0.29, 0.717) is 18.5 Å². The Balaban J connectivity index is 1.81. The van der Waals surface area contributed by atoms with Gasteiger partial charge in [-0.2, -0.15) is 0 Å². The van der Waals surface area contributed by atoms with Crippen LogP contribution in [0.5, 0.6) is 11.5 Å². The summed E-state index contributed by atoms with van der Waals surface area (Å²) in [4.78, 5) is 25.2. The molecule has 1 spiro atoms. The largest absolute Gasteiger partial charge is 0.504 e. The van der Waals surface area contributed by atoms with Gasteiger partial charge in [-0.25, -0.2) is 4.79 Å². The Morgan fingerprint density at radius 1 is 1.39 bits per heavy atom. The molecule has 1 fully saturated rings. The number of esters is 1. The summed E-state index contributed by atoms with van der Waals surface area (Å²) in [6, 6.07) is 3.02. The van der Waals surface area contributed by atoms with Crippen molar-refractivity contribution in [3.05, 3.63) is 35.1 Å². The number of likely N-dealkylation sites (N-methyl/N-ethyl adjacent to an activating group) is 1. The van der Waals surface area contributed by atoms with Gasteiger partial charge >= 0.3 is 11.9 Å². The van der Waals surface area contributed by atoms with Gasteiger partial charge in [0.2, 0.25) is 0 Å². The molecule has 31 heavy (non-hydrogen) atoms. The Bertz CT molecular complexity index is 975. The average molecular weight is 433 g/mol. The number of benzene rings is 1. The van der Waals surface area contributed by atoms with Gasteiger partial charge in [0.25, 0.3) is 0 Å². The predicted molar refractivity (Wildman–Crippen MR) is 108 cm³/mol. The molecule has 0 saturated carbocycles. The minimum Gasteiger partial charge on any atom is -0.504 e. The average Bonchev–Trinajstić information content (AvgIpc) is 3.07. The van der Waals surface area contributed by atoms with Crippen molar-refractivity contribution in [2.75, 3.05) is 13.6 Å². The first-order chi connectivity index (χ1) is 14.5. The van der Waals surface area contributed by atoms with Crippen molar-refractivity contribution >= 4 is 11.9 Å². The molecular weight excluding hydrogens is 406 g/mol. The van der Waals surface area contributed by atoms with E-state index >= 15 is 0 Å². The van der Waals surface area contributed by atoms with E-state index in [-0.39, 0.29) is 29.7 Å². The van der Waals surface area contributed by atoms with Crippen LogP contribution in [0.1, 0.15) is 37.3 Å². The van der Waals surface area contributed by atoms with Crippen LogP contribution in [0.2, 0.25) is 0 Å². The first-order valence-electron chi connectivity index (χ1n) is 10.3. The summed E-state index contributed by atoms with van der Waals surface area (Å²) in [6.45, 7) is 4.44. The van der Waals surface area contributed by atoms with Gasteiger partial charge in [-0.1, -0.05) is 6.07 Å². The number of aliphatic hydroxyl groups is 2. The molecule has 1 aromatic rings. The third-order valence-electron chi connectivity index (χ3n) is 7.19. The number of phenolic OH excluding ortho intramolecular Hbond substituents is 1. The first kappa shape index (κ1) is 21.6. The molecule has 0 bridgehead atoms. The lowest BCUT2D eigenvalue weighted by molar-refractivity contribution is -0.167. The summed E-state index contributed by atoms with van der Waals surface area (Å²) in [6.07, 6.45) is -1.32. The number of aliphatic carboxylic acids is 1. The number of piperidine rings is 1. The summed E-state index contributed by atoms with van der Waals surface area (Å²) in [5, 5.41) is 41.2. The highest BCUT2D eigenvalue weighted by atomic mass is 16.6. The number of fused-ring (bicyclic) bond motifs is 1. The zero-order chi connectivity index (χ0) is 22.7. The van der Waals surface area contributed by atoms with Gasteiger partial charge in [-0.15, -0.1) is 0 Å². The molecule has 1 aromatic carbocycles. The highest BCUT2D eigenvalue weighted by Gasteiger charge is 2.69. The number of hydrogen-bond acceptors (Lipinski definition) is 8. The first-order valence-corrected chi connectivity index (χ1v) is 10.3. The molecule has 0 radical (unpaired) electrons. The van der Waals surface area contributed by atoms with Gasteiger partial charge in [0.15, 0.2) is 23.7 Å². The predicted octanol–water partition coefficient (Wildman–Crippen LogP) is 0.821. The number of nitrogens with zero attached hydrogens (tertiary/aromatic N) is 1. The van der Waals surface area contributed by atoms with E-state index in [1.807, 2.05) is 20.9 Å². The zero-order valence-electron chi connectivity index (χ0n) is 17.7. The van der Waals surface area contributed by atoms with E-state index in [2.05, 4.69) is 4.90 Å². The fourth-order valence-electron chi connectivity index (χ4n) is 5.44. The molecule has 0 aromatic heterocycles. The van der Waals surface area contributed by atoms with Crippen molar-refractivity contribution < 1.29 is 39.5 Å². The second kappa shape index (κ2) is 7.22. The van der Waals surface area contributed by atoms with Gasteiger partial charge in [0.05, 0.1) is 17.4 Å². The van der Waals surface area contributed by atoms with Crippen molar-refractivity contribution in [1.29, 1.82) is 0 Å². The standard InChI is InChI=1S/C22H27NO8/c1-11-4-5-13(24)18-17(11)21-8-9-23(3)12(2)22(21,29)7-6-15(19(21)31-18)30-20(28)14(25)10-16(26)27/h4-6,12,14,19,24-25,29H,7-10H2,1-3H3,(H,26,27)/t12-,14+,19+,21+,22-/m1/s1. The van der Waals surface area contributed by atoms with E-state index in [9.17, 15) is 24.9 Å². The lowest BCUT2D eigenvalue weighted by Gasteiger charge is -2.58. The van der Waals surface area contributed by atoms with Crippen LogP contribution in [0.4, 0.5) is 0 Å². The lowest BCUT2D eigenvalue weighted by Crippen LogP contribution is -2.71. The minimum atomic E-state index is -1.83. The summed E-state index contributed by atoms with van der Waals surface area (Å²) in [5.74, 6) is -2.16. The molecule has 3 aliphatic rings. The second-order valence-corrected chi connectivity index (χ2v) is 8.75. The zero-order valence-corrected chi connectivity index (χ0v) is 17.7. The third-order valence-corrected chi connectivity index (χ3v) is 7.19. The Labute approximate surface area is 179 Å². The topological polar surface area (TPSA) is 137 Å². The van der Waals surface area contributed by atoms with Crippen molar-refractivity contribution in [2.24, 2.45) is 0 Å². The smallest absolute Gasteiger partial charge is 0.340 e. The molecule has 2 aliphatic heterocycles. The van der Waals surface area contributed by atoms with Crippen LogP contribution < -0.4 is 4.74 Å². The van der Waals surface area contributed by atoms with Gasteiger partial charge in [-0.05, 0) is 51.6 Å². The molecule has 2 heterocycles. The fourth-order valence-corrected chi connectivity index (χ4v) is 5.44. The maximum atomic E-state index is 12.3. The molecule has 0 unspecified atom stereocenters. The van der Waals surface area contributed by atoms with E-state index in [4.69, 9.17) is 14.6 Å². The molecule has 1 saturated heterocycles. The lowest BCUT2D eigenvalue weighted by atomic mass is 9.54. The number of carbonyl (C=O) groups excluding carboxylic acids is 1. The highest BCUT2D eigenvalue weighted by molar-refractivity contribution is 5.81. The van der Waals surface area contributed by atoms with Crippen LogP contribution in [-0.2, 0) is 19.7 Å². The number of carboxylic acid groups (broad SMARTS) is 1. The molecule has 1 aliphatic carbocycles. The van der Waals surface area contributed by atoms with E-state index in [1.54, 1.807) is 12.1 Å². The monoisotopic (exact) mass is 433 g/mol. The molecule has 5 atom stereocenters. The Morgan fingerprint density at radius 3 is 2.77 bits per heavy atom. The van der Waals surface area contributed by atoms with Crippen LogP contribution in [-0.4, -0.2) is 74.7 Å². The number of carboxylic acids is 1. The van der Waals surface area contributed by atoms with Crippen LogP contribution >= 0.6 is 0 Å². The molecule has 4 rings (SSSR count). The van der Waals surface area contributed by atoms with Crippen LogP contribution in [0, 0.1) is 6.92 Å². The number of likely N-dealkylation sites (tertiary alicyclic amines) is 1. The maximum absolute atomic E-state index is 12.3. The van der Waals surface area contributed by atoms with Gasteiger partial charge in [0.1, 0.15) is 5.76 Å².